The van der Waals surface area contributed by atoms with E-state index < -0.39 is 0 Å². The SMILES string of the molecule is CCc1c(C)c2cc3c(c(OCc4cn(-c5ccc(OC)cc5)nn4)c2oc1=O)OC(C)(C)CC3. The van der Waals surface area contributed by atoms with Gasteiger partial charge in [-0.2, -0.15) is 0 Å². The van der Waals surface area contributed by atoms with Crippen molar-refractivity contribution in [2.75, 3.05) is 7.11 Å². The van der Waals surface area contributed by atoms with Gasteiger partial charge in [-0.3, -0.25) is 0 Å². The molecular formula is C27H29N3O5. The molecule has 35 heavy (non-hydrogen) atoms. The molecule has 2 aromatic carbocycles. The Morgan fingerprint density at radius 1 is 1.20 bits per heavy atom. The molecule has 2 aromatic heterocycles. The second-order valence-electron chi connectivity index (χ2n) is 9.42. The van der Waals surface area contributed by atoms with Crippen LogP contribution in [0.25, 0.3) is 16.7 Å². The van der Waals surface area contributed by atoms with Crippen molar-refractivity contribution in [1.29, 1.82) is 0 Å². The fourth-order valence-electron chi connectivity index (χ4n) is 4.50. The Morgan fingerprint density at radius 3 is 2.69 bits per heavy atom. The number of ether oxygens (including phenoxy) is 3. The lowest BCUT2D eigenvalue weighted by Crippen LogP contribution is -2.33. The topological polar surface area (TPSA) is 88.6 Å². The van der Waals surface area contributed by atoms with E-state index in [1.165, 1.54) is 0 Å². The fraction of sp³-hybridized carbons (Fsp3) is 0.370. The van der Waals surface area contributed by atoms with Crippen LogP contribution in [0.1, 0.15) is 49.6 Å². The molecule has 0 fully saturated rings. The van der Waals surface area contributed by atoms with Crippen molar-refractivity contribution >= 4 is 11.0 Å². The van der Waals surface area contributed by atoms with Gasteiger partial charge in [0.15, 0.2) is 11.3 Å². The number of fused-ring (bicyclic) bond motifs is 2. The van der Waals surface area contributed by atoms with Gasteiger partial charge in [0.05, 0.1) is 19.0 Å². The molecule has 5 rings (SSSR count). The molecular weight excluding hydrogens is 446 g/mol. The van der Waals surface area contributed by atoms with E-state index in [4.69, 9.17) is 18.6 Å². The quantitative estimate of drug-likeness (QED) is 0.365. The van der Waals surface area contributed by atoms with Crippen molar-refractivity contribution < 1.29 is 18.6 Å². The minimum Gasteiger partial charge on any atom is -0.497 e. The summed E-state index contributed by atoms with van der Waals surface area (Å²) in [5.41, 5.74) is 3.84. The Morgan fingerprint density at radius 2 is 1.97 bits per heavy atom. The van der Waals surface area contributed by atoms with Gasteiger partial charge in [-0.15, -0.1) is 5.10 Å². The third kappa shape index (κ3) is 4.24. The summed E-state index contributed by atoms with van der Waals surface area (Å²) in [4.78, 5) is 12.7. The molecule has 4 aromatic rings. The number of rotatable bonds is 6. The number of nitrogens with zero attached hydrogens (tertiary/aromatic N) is 3. The maximum absolute atomic E-state index is 12.7. The lowest BCUT2D eigenvalue weighted by atomic mass is 9.92. The van der Waals surface area contributed by atoms with Crippen LogP contribution in [0.2, 0.25) is 0 Å². The Hall–Kier alpha value is -3.81. The number of benzene rings is 2. The van der Waals surface area contributed by atoms with Crippen LogP contribution in [0.4, 0.5) is 0 Å². The van der Waals surface area contributed by atoms with E-state index in [0.29, 0.717) is 34.8 Å². The Labute approximate surface area is 203 Å². The average molecular weight is 476 g/mol. The van der Waals surface area contributed by atoms with Crippen molar-refractivity contribution in [3.63, 3.8) is 0 Å². The third-order valence-electron chi connectivity index (χ3n) is 6.54. The molecule has 8 nitrogen and oxygen atoms in total. The van der Waals surface area contributed by atoms with E-state index in [9.17, 15) is 4.79 Å². The van der Waals surface area contributed by atoms with Crippen LogP contribution in [0, 0.1) is 6.92 Å². The first kappa shape index (κ1) is 23.0. The predicted octanol–water partition coefficient (Wildman–Crippen LogP) is 4.94. The second-order valence-corrected chi connectivity index (χ2v) is 9.42. The first-order valence-electron chi connectivity index (χ1n) is 11.8. The van der Waals surface area contributed by atoms with Gasteiger partial charge >= 0.3 is 5.63 Å². The lowest BCUT2D eigenvalue weighted by Gasteiger charge is -2.33. The molecule has 0 aliphatic carbocycles. The van der Waals surface area contributed by atoms with Gasteiger partial charge in [-0.05, 0) is 81.5 Å². The van der Waals surface area contributed by atoms with Crippen LogP contribution in [0.5, 0.6) is 17.2 Å². The highest BCUT2D eigenvalue weighted by atomic mass is 16.5. The molecule has 0 atom stereocenters. The van der Waals surface area contributed by atoms with Crippen LogP contribution in [-0.4, -0.2) is 27.7 Å². The summed E-state index contributed by atoms with van der Waals surface area (Å²) in [5, 5.41) is 9.35. The number of hydrogen-bond donors (Lipinski definition) is 0. The number of aromatic nitrogens is 3. The largest absolute Gasteiger partial charge is 0.497 e. The zero-order valence-corrected chi connectivity index (χ0v) is 20.7. The van der Waals surface area contributed by atoms with Crippen LogP contribution in [0.3, 0.4) is 0 Å². The second kappa shape index (κ2) is 8.76. The molecule has 0 amide bonds. The highest BCUT2D eigenvalue weighted by Crippen LogP contribution is 2.45. The monoisotopic (exact) mass is 475 g/mol. The summed E-state index contributed by atoms with van der Waals surface area (Å²) in [5.74, 6) is 1.83. The van der Waals surface area contributed by atoms with Gasteiger partial charge in [0.25, 0.3) is 0 Å². The van der Waals surface area contributed by atoms with Crippen LogP contribution in [0.15, 0.2) is 45.7 Å². The lowest BCUT2D eigenvalue weighted by molar-refractivity contribution is 0.0787. The average Bonchev–Trinajstić information content (AvgIpc) is 3.31. The Balaban J connectivity index is 1.53. The number of hydrogen-bond acceptors (Lipinski definition) is 7. The van der Waals surface area contributed by atoms with Crippen molar-refractivity contribution in [3.8, 4) is 22.9 Å². The summed E-state index contributed by atoms with van der Waals surface area (Å²) < 4.78 is 25.3. The zero-order chi connectivity index (χ0) is 24.7. The molecule has 0 spiro atoms. The van der Waals surface area contributed by atoms with E-state index in [1.807, 2.05) is 52.0 Å². The molecule has 1 aliphatic rings. The van der Waals surface area contributed by atoms with Crippen molar-refractivity contribution in [2.24, 2.45) is 0 Å². The number of aryl methyl sites for hydroxylation is 2. The maximum atomic E-state index is 12.7. The standard InChI is InChI=1S/C27H29N3O5/c1-6-21-16(2)22-13-17-11-12-27(3,4)35-23(17)25(24(22)34-26(21)31)33-15-18-14-30(29-28-18)19-7-9-20(32-5)10-8-19/h7-10,13-14H,6,11-12,15H2,1-5H3. The van der Waals surface area contributed by atoms with E-state index in [0.717, 1.165) is 40.8 Å². The first-order chi connectivity index (χ1) is 16.8. The molecule has 3 heterocycles. The summed E-state index contributed by atoms with van der Waals surface area (Å²) >= 11 is 0. The van der Waals surface area contributed by atoms with Crippen LogP contribution in [-0.2, 0) is 19.4 Å². The molecule has 0 N–H and O–H groups in total. The number of methoxy groups -OCH3 is 1. The van der Waals surface area contributed by atoms with Crippen LogP contribution < -0.4 is 19.8 Å². The molecule has 182 valence electrons. The van der Waals surface area contributed by atoms with Gasteiger partial charge in [-0.25, -0.2) is 9.48 Å². The summed E-state index contributed by atoms with van der Waals surface area (Å²) in [7, 11) is 1.63. The summed E-state index contributed by atoms with van der Waals surface area (Å²) in [6.45, 7) is 8.16. The van der Waals surface area contributed by atoms with Gasteiger partial charge in [0, 0.05) is 10.9 Å². The molecule has 0 bridgehead atoms. The first-order valence-corrected chi connectivity index (χ1v) is 11.8. The van der Waals surface area contributed by atoms with E-state index in [-0.39, 0.29) is 17.8 Å². The minimum absolute atomic E-state index is 0.143. The van der Waals surface area contributed by atoms with Crippen molar-refractivity contribution in [2.45, 2.75) is 59.2 Å². The highest BCUT2D eigenvalue weighted by Gasteiger charge is 2.32. The molecule has 0 radical (unpaired) electrons. The van der Waals surface area contributed by atoms with Gasteiger partial charge in [0.1, 0.15) is 23.7 Å². The molecule has 0 unspecified atom stereocenters. The smallest absolute Gasteiger partial charge is 0.339 e. The molecule has 0 saturated heterocycles. The zero-order valence-electron chi connectivity index (χ0n) is 20.7. The fourth-order valence-corrected chi connectivity index (χ4v) is 4.50. The molecule has 1 aliphatic heterocycles. The van der Waals surface area contributed by atoms with Crippen molar-refractivity contribution in [1.82, 2.24) is 15.0 Å². The Kier molecular flexibility index (Phi) is 5.75. The van der Waals surface area contributed by atoms with Gasteiger partial charge in [0.2, 0.25) is 5.75 Å². The molecule has 8 heteroatoms. The summed E-state index contributed by atoms with van der Waals surface area (Å²) in [6.07, 6.45) is 4.15. The molecule has 0 saturated carbocycles. The van der Waals surface area contributed by atoms with E-state index in [2.05, 4.69) is 16.4 Å². The van der Waals surface area contributed by atoms with Crippen molar-refractivity contribution in [3.05, 3.63) is 69.3 Å². The predicted molar refractivity (Wildman–Crippen MR) is 132 cm³/mol. The summed E-state index contributed by atoms with van der Waals surface area (Å²) in [6, 6.07) is 9.60. The van der Waals surface area contributed by atoms with Gasteiger partial charge < -0.3 is 18.6 Å². The third-order valence-corrected chi connectivity index (χ3v) is 6.54. The van der Waals surface area contributed by atoms with E-state index in [1.54, 1.807) is 18.0 Å². The van der Waals surface area contributed by atoms with Gasteiger partial charge in [-0.1, -0.05) is 12.1 Å². The maximum Gasteiger partial charge on any atom is 0.339 e. The minimum atomic E-state index is -0.352. The normalized spacial score (nSPS) is 14.4. The van der Waals surface area contributed by atoms with E-state index >= 15 is 0 Å². The Bertz CT molecular complexity index is 1450. The highest BCUT2D eigenvalue weighted by molar-refractivity contribution is 5.90. The van der Waals surface area contributed by atoms with Crippen LogP contribution >= 0.6 is 0 Å².